The molecule has 0 aliphatic carbocycles. The molecule has 0 radical (unpaired) electrons. The molecule has 28 heavy (non-hydrogen) atoms. The van der Waals surface area contributed by atoms with Gasteiger partial charge in [-0.2, -0.15) is 0 Å². The number of rotatable bonds is 7. The van der Waals surface area contributed by atoms with Gasteiger partial charge in [-0.25, -0.2) is 0 Å². The topological polar surface area (TPSA) is 74.0 Å². The molecular formula is C23H27N3O2. The molecular weight excluding hydrogens is 350 g/mol. The minimum Gasteiger partial charge on any atom is -0.361 e. The number of hydrogen-bond donors (Lipinski definition) is 3. The van der Waals surface area contributed by atoms with Gasteiger partial charge in [-0.05, 0) is 42.0 Å². The molecule has 146 valence electrons. The third-order valence-corrected chi connectivity index (χ3v) is 4.90. The fourth-order valence-corrected chi connectivity index (χ4v) is 3.41. The van der Waals surface area contributed by atoms with Crippen LogP contribution in [-0.4, -0.2) is 23.3 Å². The quantitative estimate of drug-likeness (QED) is 0.538. The first kappa shape index (κ1) is 19.7. The molecule has 0 spiro atoms. The summed E-state index contributed by atoms with van der Waals surface area (Å²) in [6, 6.07) is 14.0. The van der Waals surface area contributed by atoms with Crippen LogP contribution >= 0.6 is 0 Å². The van der Waals surface area contributed by atoms with Gasteiger partial charge in [0.05, 0.1) is 0 Å². The molecule has 3 N–H and O–H groups in total. The van der Waals surface area contributed by atoms with Crippen molar-refractivity contribution in [2.45, 2.75) is 39.5 Å². The second-order valence-corrected chi connectivity index (χ2v) is 7.38. The van der Waals surface area contributed by atoms with E-state index in [9.17, 15) is 9.59 Å². The van der Waals surface area contributed by atoms with Crippen molar-refractivity contribution >= 4 is 28.4 Å². The lowest BCUT2D eigenvalue weighted by Gasteiger charge is -2.16. The zero-order chi connectivity index (χ0) is 20.1. The number of benzene rings is 2. The largest absolute Gasteiger partial charge is 0.361 e. The summed E-state index contributed by atoms with van der Waals surface area (Å²) in [6.45, 7) is 6.63. The minimum absolute atomic E-state index is 0.181. The standard InChI is InChI=1S/C23H27N3O2/c1-15(2)18-9-6-7-16(3)23(18)26-22(28)13-21(27)24-12-11-17-14-25-20-10-5-4-8-19(17)20/h4-10,14-15,25H,11-13H2,1-3H3,(H,24,27)(H,26,28). The van der Waals surface area contributed by atoms with Crippen LogP contribution < -0.4 is 10.6 Å². The minimum atomic E-state index is -0.291. The van der Waals surface area contributed by atoms with Crippen LogP contribution in [0.5, 0.6) is 0 Å². The number of anilines is 1. The van der Waals surface area contributed by atoms with E-state index in [-0.39, 0.29) is 18.2 Å². The lowest BCUT2D eigenvalue weighted by Crippen LogP contribution is -2.30. The molecule has 2 aromatic carbocycles. The maximum atomic E-state index is 12.3. The zero-order valence-electron chi connectivity index (χ0n) is 16.6. The molecule has 1 aromatic heterocycles. The van der Waals surface area contributed by atoms with E-state index in [1.165, 1.54) is 0 Å². The number of aromatic amines is 1. The first-order valence-electron chi connectivity index (χ1n) is 9.66. The number of aryl methyl sites for hydroxylation is 1. The van der Waals surface area contributed by atoms with Gasteiger partial charge in [0.2, 0.25) is 11.8 Å². The van der Waals surface area contributed by atoms with E-state index in [4.69, 9.17) is 0 Å². The Balaban J connectivity index is 1.52. The molecule has 3 aromatic rings. The average Bonchev–Trinajstić information content (AvgIpc) is 3.06. The Morgan fingerprint density at radius 1 is 1.04 bits per heavy atom. The third-order valence-electron chi connectivity index (χ3n) is 4.90. The van der Waals surface area contributed by atoms with Crippen molar-refractivity contribution in [1.82, 2.24) is 10.3 Å². The van der Waals surface area contributed by atoms with Crippen LogP contribution in [0, 0.1) is 6.92 Å². The van der Waals surface area contributed by atoms with E-state index in [1.807, 2.05) is 49.5 Å². The number of fused-ring (bicyclic) bond motifs is 1. The monoisotopic (exact) mass is 377 g/mol. The second kappa shape index (κ2) is 8.74. The van der Waals surface area contributed by atoms with E-state index >= 15 is 0 Å². The van der Waals surface area contributed by atoms with Gasteiger partial charge in [-0.3, -0.25) is 9.59 Å². The molecule has 0 bridgehead atoms. The number of para-hydroxylation sites is 2. The van der Waals surface area contributed by atoms with Gasteiger partial charge in [0, 0.05) is 29.3 Å². The number of aromatic nitrogens is 1. The SMILES string of the molecule is Cc1cccc(C(C)C)c1NC(=O)CC(=O)NCCc1c[nH]c2ccccc12. The maximum absolute atomic E-state index is 12.3. The summed E-state index contributed by atoms with van der Waals surface area (Å²) in [5, 5.41) is 6.92. The highest BCUT2D eigenvalue weighted by molar-refractivity contribution is 6.04. The van der Waals surface area contributed by atoms with Crippen LogP contribution in [0.15, 0.2) is 48.7 Å². The average molecular weight is 377 g/mol. The van der Waals surface area contributed by atoms with Crippen LogP contribution in [0.1, 0.15) is 42.9 Å². The predicted molar refractivity (Wildman–Crippen MR) is 114 cm³/mol. The van der Waals surface area contributed by atoms with Crippen molar-refractivity contribution < 1.29 is 9.59 Å². The Hall–Kier alpha value is -3.08. The molecule has 0 saturated carbocycles. The van der Waals surface area contributed by atoms with Crippen LogP contribution in [0.3, 0.4) is 0 Å². The van der Waals surface area contributed by atoms with E-state index in [0.29, 0.717) is 18.9 Å². The molecule has 3 rings (SSSR count). The number of hydrogen-bond acceptors (Lipinski definition) is 2. The Kier molecular flexibility index (Phi) is 6.14. The highest BCUT2D eigenvalue weighted by Crippen LogP contribution is 2.27. The predicted octanol–water partition coefficient (Wildman–Crippen LogP) is 4.29. The molecule has 5 nitrogen and oxygen atoms in total. The summed E-state index contributed by atoms with van der Waals surface area (Å²) in [5.41, 5.74) is 5.13. The molecule has 0 aliphatic heterocycles. The highest BCUT2D eigenvalue weighted by Gasteiger charge is 2.14. The van der Waals surface area contributed by atoms with Crippen LogP contribution in [0.4, 0.5) is 5.69 Å². The van der Waals surface area contributed by atoms with Crippen molar-refractivity contribution in [3.05, 3.63) is 65.4 Å². The zero-order valence-corrected chi connectivity index (χ0v) is 16.6. The van der Waals surface area contributed by atoms with Gasteiger partial charge in [0.25, 0.3) is 0 Å². The molecule has 5 heteroatoms. The Bertz CT molecular complexity index is 988. The lowest BCUT2D eigenvalue weighted by molar-refractivity contribution is -0.126. The maximum Gasteiger partial charge on any atom is 0.233 e. The van der Waals surface area contributed by atoms with E-state index in [0.717, 1.165) is 33.3 Å². The van der Waals surface area contributed by atoms with Gasteiger partial charge in [0.1, 0.15) is 6.42 Å². The number of carbonyl (C=O) groups excluding carboxylic acids is 2. The smallest absolute Gasteiger partial charge is 0.233 e. The summed E-state index contributed by atoms with van der Waals surface area (Å²) in [5.74, 6) is -0.266. The number of amides is 2. The number of carbonyl (C=O) groups is 2. The lowest BCUT2D eigenvalue weighted by atomic mass is 9.98. The summed E-state index contributed by atoms with van der Waals surface area (Å²) in [4.78, 5) is 27.7. The van der Waals surface area contributed by atoms with E-state index in [1.54, 1.807) is 0 Å². The van der Waals surface area contributed by atoms with Gasteiger partial charge < -0.3 is 15.6 Å². The number of nitrogens with one attached hydrogen (secondary N) is 3. The van der Waals surface area contributed by atoms with Gasteiger partial charge in [-0.1, -0.05) is 50.2 Å². The third kappa shape index (κ3) is 4.60. The van der Waals surface area contributed by atoms with Crippen molar-refractivity contribution in [3.63, 3.8) is 0 Å². The summed E-state index contributed by atoms with van der Waals surface area (Å²) in [6.07, 6.45) is 2.50. The molecule has 0 saturated heterocycles. The molecule has 2 amide bonds. The summed E-state index contributed by atoms with van der Waals surface area (Å²) in [7, 11) is 0. The molecule has 1 heterocycles. The Morgan fingerprint density at radius 2 is 1.82 bits per heavy atom. The van der Waals surface area contributed by atoms with Gasteiger partial charge >= 0.3 is 0 Å². The highest BCUT2D eigenvalue weighted by atomic mass is 16.2. The van der Waals surface area contributed by atoms with Crippen molar-refractivity contribution in [2.24, 2.45) is 0 Å². The number of H-pyrrole nitrogens is 1. The molecule has 0 fully saturated rings. The van der Waals surface area contributed by atoms with Crippen molar-refractivity contribution in [3.8, 4) is 0 Å². The first-order valence-corrected chi connectivity index (χ1v) is 9.66. The van der Waals surface area contributed by atoms with Crippen molar-refractivity contribution in [2.75, 3.05) is 11.9 Å². The first-order chi connectivity index (χ1) is 13.5. The summed E-state index contributed by atoms with van der Waals surface area (Å²) >= 11 is 0. The van der Waals surface area contributed by atoms with Crippen LogP contribution in [0.25, 0.3) is 10.9 Å². The van der Waals surface area contributed by atoms with Crippen LogP contribution in [0.2, 0.25) is 0 Å². The fraction of sp³-hybridized carbons (Fsp3) is 0.304. The second-order valence-electron chi connectivity index (χ2n) is 7.38. The fourth-order valence-electron chi connectivity index (χ4n) is 3.41. The molecule has 0 unspecified atom stereocenters. The normalized spacial score (nSPS) is 11.0. The van der Waals surface area contributed by atoms with E-state index < -0.39 is 0 Å². The molecule has 0 aliphatic rings. The Morgan fingerprint density at radius 3 is 2.61 bits per heavy atom. The van der Waals surface area contributed by atoms with Crippen molar-refractivity contribution in [1.29, 1.82) is 0 Å². The molecule has 0 atom stereocenters. The Labute approximate surface area is 165 Å². The summed E-state index contributed by atoms with van der Waals surface area (Å²) < 4.78 is 0. The van der Waals surface area contributed by atoms with E-state index in [2.05, 4.69) is 35.5 Å². The van der Waals surface area contributed by atoms with Gasteiger partial charge in [0.15, 0.2) is 0 Å². The van der Waals surface area contributed by atoms with Crippen LogP contribution in [-0.2, 0) is 16.0 Å². The van der Waals surface area contributed by atoms with Gasteiger partial charge in [-0.15, -0.1) is 0 Å².